The lowest BCUT2D eigenvalue weighted by molar-refractivity contribution is -0.115. The molecular formula is C24H25N3O3S2. The van der Waals surface area contributed by atoms with E-state index in [0.29, 0.717) is 22.3 Å². The van der Waals surface area contributed by atoms with Crippen molar-refractivity contribution in [3.63, 3.8) is 0 Å². The van der Waals surface area contributed by atoms with Crippen LogP contribution < -0.4 is 25.4 Å². The number of rotatable bonds is 8. The van der Waals surface area contributed by atoms with Gasteiger partial charge in [0.2, 0.25) is 5.91 Å². The van der Waals surface area contributed by atoms with Crippen LogP contribution in [0.2, 0.25) is 0 Å². The molecule has 1 unspecified atom stereocenters. The third-order valence-electron chi connectivity index (χ3n) is 4.42. The van der Waals surface area contributed by atoms with Crippen molar-refractivity contribution < 1.29 is 14.3 Å². The lowest BCUT2D eigenvalue weighted by Crippen LogP contribution is -2.22. The molecule has 0 saturated heterocycles. The number of carbonyl (C=O) groups is 1. The third-order valence-corrected chi connectivity index (χ3v) is 5.72. The Kier molecular flexibility index (Phi) is 8.35. The number of benzene rings is 3. The number of thiocarbonyl (C=S) groups is 1. The number of methoxy groups -OCH3 is 2. The van der Waals surface area contributed by atoms with Crippen LogP contribution in [0.1, 0.15) is 6.92 Å². The van der Waals surface area contributed by atoms with Crippen molar-refractivity contribution in [2.24, 2.45) is 0 Å². The number of thioether (sulfide) groups is 1. The summed E-state index contributed by atoms with van der Waals surface area (Å²) in [7, 11) is 3.14. The Morgan fingerprint density at radius 3 is 2.09 bits per heavy atom. The van der Waals surface area contributed by atoms with Gasteiger partial charge in [0, 0.05) is 40.2 Å². The van der Waals surface area contributed by atoms with E-state index in [-0.39, 0.29) is 11.2 Å². The number of amides is 1. The van der Waals surface area contributed by atoms with Crippen LogP contribution in [0, 0.1) is 0 Å². The molecule has 0 aliphatic rings. The second-order valence-corrected chi connectivity index (χ2v) is 8.65. The zero-order chi connectivity index (χ0) is 22.9. The predicted molar refractivity (Wildman–Crippen MR) is 136 cm³/mol. The maximum absolute atomic E-state index is 12.7. The Balaban J connectivity index is 1.59. The van der Waals surface area contributed by atoms with Gasteiger partial charge in [-0.3, -0.25) is 4.79 Å². The molecule has 0 aliphatic heterocycles. The first kappa shape index (κ1) is 23.4. The number of anilines is 3. The highest BCUT2D eigenvalue weighted by Gasteiger charge is 2.16. The summed E-state index contributed by atoms with van der Waals surface area (Å²) >= 11 is 6.85. The molecule has 3 N–H and O–H groups in total. The van der Waals surface area contributed by atoms with Crippen molar-refractivity contribution in [1.82, 2.24) is 0 Å². The molecule has 166 valence electrons. The number of nitrogens with one attached hydrogen (secondary N) is 3. The summed E-state index contributed by atoms with van der Waals surface area (Å²) in [5, 5.41) is 9.41. The summed E-state index contributed by atoms with van der Waals surface area (Å²) in [4.78, 5) is 13.7. The molecule has 0 saturated carbocycles. The SMILES string of the molecule is COc1cc(NC(=O)C(C)Sc2cccc(NC(=S)Nc3ccccc3)c2)cc(OC)c1. The zero-order valence-corrected chi connectivity index (χ0v) is 19.7. The van der Waals surface area contributed by atoms with Gasteiger partial charge in [0.15, 0.2) is 5.11 Å². The first-order valence-electron chi connectivity index (χ1n) is 9.90. The molecule has 8 heteroatoms. The molecule has 0 heterocycles. The summed E-state index contributed by atoms with van der Waals surface area (Å²) in [6.07, 6.45) is 0. The van der Waals surface area contributed by atoms with Crippen LogP contribution in [-0.2, 0) is 4.79 Å². The summed E-state index contributed by atoms with van der Waals surface area (Å²) in [5.41, 5.74) is 2.37. The molecule has 3 aromatic carbocycles. The number of ether oxygens (including phenoxy) is 2. The Morgan fingerprint density at radius 2 is 1.44 bits per heavy atom. The van der Waals surface area contributed by atoms with Crippen LogP contribution in [-0.4, -0.2) is 30.5 Å². The van der Waals surface area contributed by atoms with Gasteiger partial charge < -0.3 is 25.4 Å². The van der Waals surface area contributed by atoms with E-state index in [9.17, 15) is 4.79 Å². The van der Waals surface area contributed by atoms with Gasteiger partial charge in [-0.25, -0.2) is 0 Å². The average Bonchev–Trinajstić information content (AvgIpc) is 2.79. The van der Waals surface area contributed by atoms with Crippen molar-refractivity contribution in [1.29, 1.82) is 0 Å². The normalized spacial score (nSPS) is 11.2. The molecule has 0 aliphatic carbocycles. The van der Waals surface area contributed by atoms with E-state index in [4.69, 9.17) is 21.7 Å². The molecule has 0 fully saturated rings. The quantitative estimate of drug-likeness (QED) is 0.293. The van der Waals surface area contributed by atoms with E-state index in [1.165, 1.54) is 11.8 Å². The molecule has 0 spiro atoms. The van der Waals surface area contributed by atoms with Crippen LogP contribution in [0.4, 0.5) is 17.1 Å². The van der Waals surface area contributed by atoms with Crippen molar-refractivity contribution in [2.75, 3.05) is 30.2 Å². The zero-order valence-electron chi connectivity index (χ0n) is 18.0. The van der Waals surface area contributed by atoms with Crippen LogP contribution in [0.3, 0.4) is 0 Å². The van der Waals surface area contributed by atoms with Gasteiger partial charge in [-0.15, -0.1) is 11.8 Å². The minimum atomic E-state index is -0.322. The summed E-state index contributed by atoms with van der Waals surface area (Å²) in [5.74, 6) is 1.10. The molecule has 32 heavy (non-hydrogen) atoms. The summed E-state index contributed by atoms with van der Waals surface area (Å²) < 4.78 is 10.5. The number of carbonyl (C=O) groups excluding carboxylic acids is 1. The molecule has 3 rings (SSSR count). The number of hydrogen-bond donors (Lipinski definition) is 3. The summed E-state index contributed by atoms with van der Waals surface area (Å²) in [6.45, 7) is 1.86. The van der Waals surface area contributed by atoms with Crippen molar-refractivity contribution in [3.8, 4) is 11.5 Å². The summed E-state index contributed by atoms with van der Waals surface area (Å²) in [6, 6.07) is 22.7. The van der Waals surface area contributed by atoms with Crippen LogP contribution in [0.5, 0.6) is 11.5 Å². The Labute approximate surface area is 197 Å². The number of hydrogen-bond acceptors (Lipinski definition) is 5. The van der Waals surface area contributed by atoms with E-state index >= 15 is 0 Å². The van der Waals surface area contributed by atoms with Gasteiger partial charge in [-0.1, -0.05) is 24.3 Å². The molecular weight excluding hydrogens is 442 g/mol. The van der Waals surface area contributed by atoms with Crippen molar-refractivity contribution in [3.05, 3.63) is 72.8 Å². The molecule has 3 aromatic rings. The fraction of sp³-hybridized carbons (Fsp3) is 0.167. The fourth-order valence-electron chi connectivity index (χ4n) is 2.84. The van der Waals surface area contributed by atoms with E-state index in [1.54, 1.807) is 32.4 Å². The Morgan fingerprint density at radius 1 is 0.812 bits per heavy atom. The van der Waals surface area contributed by atoms with Crippen LogP contribution in [0.15, 0.2) is 77.7 Å². The predicted octanol–water partition coefficient (Wildman–Crippen LogP) is 5.63. The third kappa shape index (κ3) is 6.90. The first-order valence-corrected chi connectivity index (χ1v) is 11.2. The van der Waals surface area contributed by atoms with E-state index in [0.717, 1.165) is 16.3 Å². The molecule has 0 aromatic heterocycles. The smallest absolute Gasteiger partial charge is 0.237 e. The number of para-hydroxylation sites is 1. The molecule has 6 nitrogen and oxygen atoms in total. The van der Waals surface area contributed by atoms with E-state index < -0.39 is 0 Å². The second kappa shape index (κ2) is 11.4. The van der Waals surface area contributed by atoms with E-state index in [1.807, 2.05) is 61.5 Å². The van der Waals surface area contributed by atoms with Gasteiger partial charge in [0.1, 0.15) is 11.5 Å². The maximum Gasteiger partial charge on any atom is 0.237 e. The minimum absolute atomic E-state index is 0.120. The highest BCUT2D eigenvalue weighted by Crippen LogP contribution is 2.29. The highest BCUT2D eigenvalue weighted by atomic mass is 32.2. The fourth-order valence-corrected chi connectivity index (χ4v) is 4.01. The topological polar surface area (TPSA) is 71.6 Å². The van der Waals surface area contributed by atoms with Crippen molar-refractivity contribution in [2.45, 2.75) is 17.1 Å². The first-order chi connectivity index (χ1) is 15.5. The van der Waals surface area contributed by atoms with Gasteiger partial charge >= 0.3 is 0 Å². The standard InChI is InChI=1S/C24H25N3O3S2/c1-16(23(28)25-19-12-20(29-2)15-21(13-19)30-3)32-22-11-7-10-18(14-22)27-24(31)26-17-8-5-4-6-9-17/h4-16H,1-3H3,(H,25,28)(H2,26,27,31). The monoisotopic (exact) mass is 467 g/mol. The second-order valence-electron chi connectivity index (χ2n) is 6.82. The largest absolute Gasteiger partial charge is 0.497 e. The average molecular weight is 468 g/mol. The van der Waals surface area contributed by atoms with Crippen molar-refractivity contribution >= 4 is 52.1 Å². The highest BCUT2D eigenvalue weighted by molar-refractivity contribution is 8.00. The van der Waals surface area contributed by atoms with Gasteiger partial charge in [0.25, 0.3) is 0 Å². The lowest BCUT2D eigenvalue weighted by atomic mass is 10.2. The van der Waals surface area contributed by atoms with Gasteiger partial charge in [0.05, 0.1) is 19.5 Å². The molecule has 0 radical (unpaired) electrons. The Bertz CT molecular complexity index is 1050. The van der Waals surface area contributed by atoms with Gasteiger partial charge in [-0.2, -0.15) is 0 Å². The Hall–Kier alpha value is -3.23. The van der Waals surface area contributed by atoms with E-state index in [2.05, 4.69) is 16.0 Å². The maximum atomic E-state index is 12.7. The lowest BCUT2D eigenvalue weighted by Gasteiger charge is -2.15. The van der Waals surface area contributed by atoms with Gasteiger partial charge in [-0.05, 0) is 49.5 Å². The van der Waals surface area contributed by atoms with Crippen LogP contribution in [0.25, 0.3) is 0 Å². The molecule has 0 bridgehead atoms. The minimum Gasteiger partial charge on any atom is -0.497 e. The molecule has 1 atom stereocenters. The molecule has 1 amide bonds. The van der Waals surface area contributed by atoms with Crippen LogP contribution >= 0.6 is 24.0 Å².